The lowest BCUT2D eigenvalue weighted by atomic mass is 10.0. The van der Waals surface area contributed by atoms with Crippen LogP contribution in [0, 0.1) is 0 Å². The summed E-state index contributed by atoms with van der Waals surface area (Å²) in [6, 6.07) is 15.4. The van der Waals surface area contributed by atoms with E-state index in [0.29, 0.717) is 5.02 Å². The predicted octanol–water partition coefficient (Wildman–Crippen LogP) is 4.51. The van der Waals surface area contributed by atoms with Crippen LogP contribution in [0.5, 0.6) is 5.75 Å². The number of ether oxygens (including phenoxy) is 1. The van der Waals surface area contributed by atoms with Crippen molar-refractivity contribution >= 4 is 23.2 Å². The number of amides is 1. The van der Waals surface area contributed by atoms with Gasteiger partial charge in [0.15, 0.2) is 0 Å². The summed E-state index contributed by atoms with van der Waals surface area (Å²) in [5, 5.41) is 3.58. The number of rotatable bonds is 5. The van der Waals surface area contributed by atoms with Gasteiger partial charge in [-0.1, -0.05) is 29.8 Å². The van der Waals surface area contributed by atoms with E-state index in [1.807, 2.05) is 31.2 Å². The van der Waals surface area contributed by atoms with Crippen molar-refractivity contribution in [3.05, 3.63) is 59.1 Å². The fraction of sp³-hybridized carbons (Fsp3) is 0.350. The van der Waals surface area contributed by atoms with Crippen LogP contribution in [0.3, 0.4) is 0 Å². The standard InChI is InChI=1S/C20H23ClN2O2/c1-14(20(24)22-17-6-3-5-16(21)13-17)23-12-4-7-19(23)15-8-10-18(25-2)11-9-15/h3,5-6,8-11,13-14,19H,4,7,12H2,1-2H3,(H,22,24)/t14-,19-/m0/s1. The molecule has 0 saturated carbocycles. The molecule has 5 heteroatoms. The van der Waals surface area contributed by atoms with Gasteiger partial charge in [0.25, 0.3) is 0 Å². The number of anilines is 1. The number of methoxy groups -OCH3 is 1. The fourth-order valence-corrected chi connectivity index (χ4v) is 3.59. The maximum atomic E-state index is 12.7. The molecule has 0 spiro atoms. The zero-order chi connectivity index (χ0) is 17.8. The lowest BCUT2D eigenvalue weighted by molar-refractivity contribution is -0.121. The zero-order valence-electron chi connectivity index (χ0n) is 14.5. The van der Waals surface area contributed by atoms with Crippen LogP contribution in [0.1, 0.15) is 31.4 Å². The Balaban J connectivity index is 1.71. The van der Waals surface area contributed by atoms with E-state index in [9.17, 15) is 4.79 Å². The first-order valence-corrected chi connectivity index (χ1v) is 8.92. The highest BCUT2D eigenvalue weighted by molar-refractivity contribution is 6.30. The van der Waals surface area contributed by atoms with Gasteiger partial charge in [0, 0.05) is 16.8 Å². The molecule has 0 unspecified atom stereocenters. The Kier molecular flexibility index (Phi) is 5.61. The van der Waals surface area contributed by atoms with E-state index in [2.05, 4.69) is 22.3 Å². The van der Waals surface area contributed by atoms with Crippen molar-refractivity contribution in [2.75, 3.05) is 19.0 Å². The molecule has 3 rings (SSSR count). The zero-order valence-corrected chi connectivity index (χ0v) is 15.3. The first-order valence-electron chi connectivity index (χ1n) is 8.54. The normalized spacial score (nSPS) is 18.8. The molecule has 1 saturated heterocycles. The molecule has 0 aromatic heterocycles. The van der Waals surface area contributed by atoms with Crippen LogP contribution in [0.2, 0.25) is 5.02 Å². The van der Waals surface area contributed by atoms with E-state index < -0.39 is 0 Å². The molecule has 132 valence electrons. The van der Waals surface area contributed by atoms with Crippen LogP contribution in [0.15, 0.2) is 48.5 Å². The number of nitrogens with zero attached hydrogens (tertiary/aromatic N) is 1. The first-order chi connectivity index (χ1) is 12.1. The lowest BCUT2D eigenvalue weighted by Gasteiger charge is -2.30. The largest absolute Gasteiger partial charge is 0.497 e. The van der Waals surface area contributed by atoms with Crippen molar-refractivity contribution in [3.8, 4) is 5.75 Å². The van der Waals surface area contributed by atoms with E-state index in [0.717, 1.165) is 30.8 Å². The van der Waals surface area contributed by atoms with Gasteiger partial charge in [0.05, 0.1) is 13.2 Å². The quantitative estimate of drug-likeness (QED) is 0.854. The van der Waals surface area contributed by atoms with Crippen LogP contribution in [-0.4, -0.2) is 30.5 Å². The molecule has 4 nitrogen and oxygen atoms in total. The second kappa shape index (κ2) is 7.89. The maximum absolute atomic E-state index is 12.7. The number of likely N-dealkylation sites (tertiary alicyclic amines) is 1. The molecule has 0 radical (unpaired) electrons. The molecule has 2 atom stereocenters. The van der Waals surface area contributed by atoms with Gasteiger partial charge in [-0.15, -0.1) is 0 Å². The van der Waals surface area contributed by atoms with Crippen molar-refractivity contribution in [2.24, 2.45) is 0 Å². The van der Waals surface area contributed by atoms with Crippen LogP contribution in [-0.2, 0) is 4.79 Å². The third-order valence-electron chi connectivity index (χ3n) is 4.76. The number of benzene rings is 2. The summed E-state index contributed by atoms with van der Waals surface area (Å²) in [5.74, 6) is 0.836. The average Bonchev–Trinajstić information content (AvgIpc) is 3.10. The topological polar surface area (TPSA) is 41.6 Å². The van der Waals surface area contributed by atoms with Gasteiger partial charge in [0.1, 0.15) is 5.75 Å². The summed E-state index contributed by atoms with van der Waals surface area (Å²) in [6.07, 6.45) is 2.15. The number of hydrogen-bond acceptors (Lipinski definition) is 3. The van der Waals surface area contributed by atoms with E-state index in [1.54, 1.807) is 19.2 Å². The van der Waals surface area contributed by atoms with E-state index in [-0.39, 0.29) is 18.0 Å². The van der Waals surface area contributed by atoms with Crippen LogP contribution < -0.4 is 10.1 Å². The first kappa shape index (κ1) is 17.8. The molecule has 1 heterocycles. The predicted molar refractivity (Wildman–Crippen MR) is 101 cm³/mol. The molecular formula is C20H23ClN2O2. The highest BCUT2D eigenvalue weighted by atomic mass is 35.5. The van der Waals surface area contributed by atoms with Crippen LogP contribution >= 0.6 is 11.6 Å². The molecule has 2 aromatic rings. The Morgan fingerprint density at radius 2 is 2.04 bits per heavy atom. The Hall–Kier alpha value is -2.04. The van der Waals surface area contributed by atoms with Gasteiger partial charge in [-0.3, -0.25) is 9.69 Å². The Labute approximate surface area is 153 Å². The lowest BCUT2D eigenvalue weighted by Crippen LogP contribution is -2.41. The molecule has 0 bridgehead atoms. The minimum Gasteiger partial charge on any atom is -0.497 e. The molecule has 1 amide bonds. The molecule has 25 heavy (non-hydrogen) atoms. The third-order valence-corrected chi connectivity index (χ3v) is 5.00. The number of carbonyl (C=O) groups excluding carboxylic acids is 1. The molecule has 0 aliphatic carbocycles. The van der Waals surface area contributed by atoms with Gasteiger partial charge in [-0.25, -0.2) is 0 Å². The fourth-order valence-electron chi connectivity index (χ4n) is 3.40. The van der Waals surface area contributed by atoms with Crippen molar-refractivity contribution in [3.63, 3.8) is 0 Å². The molecular weight excluding hydrogens is 336 g/mol. The highest BCUT2D eigenvalue weighted by Gasteiger charge is 2.33. The second-order valence-corrected chi connectivity index (χ2v) is 6.78. The van der Waals surface area contributed by atoms with Gasteiger partial charge in [0.2, 0.25) is 5.91 Å². The second-order valence-electron chi connectivity index (χ2n) is 6.34. The molecule has 1 aliphatic heterocycles. The van der Waals surface area contributed by atoms with Gasteiger partial charge in [-0.05, 0) is 62.2 Å². The van der Waals surface area contributed by atoms with Gasteiger partial charge in [-0.2, -0.15) is 0 Å². The summed E-state index contributed by atoms with van der Waals surface area (Å²) >= 11 is 5.99. The maximum Gasteiger partial charge on any atom is 0.241 e. The summed E-state index contributed by atoms with van der Waals surface area (Å²) in [4.78, 5) is 14.9. The summed E-state index contributed by atoms with van der Waals surface area (Å²) in [6.45, 7) is 2.88. The van der Waals surface area contributed by atoms with Gasteiger partial charge >= 0.3 is 0 Å². The van der Waals surface area contributed by atoms with Crippen molar-refractivity contribution in [1.29, 1.82) is 0 Å². The monoisotopic (exact) mass is 358 g/mol. The van der Waals surface area contributed by atoms with E-state index in [1.165, 1.54) is 5.56 Å². The number of nitrogens with one attached hydrogen (secondary N) is 1. The summed E-state index contributed by atoms with van der Waals surface area (Å²) in [5.41, 5.74) is 1.95. The summed E-state index contributed by atoms with van der Waals surface area (Å²) in [7, 11) is 1.67. The molecule has 2 aromatic carbocycles. The van der Waals surface area contributed by atoms with Gasteiger partial charge < -0.3 is 10.1 Å². The van der Waals surface area contributed by atoms with E-state index >= 15 is 0 Å². The molecule has 1 aliphatic rings. The average molecular weight is 359 g/mol. The van der Waals surface area contributed by atoms with Crippen molar-refractivity contribution in [1.82, 2.24) is 4.90 Å². The molecule has 1 fully saturated rings. The van der Waals surface area contributed by atoms with Crippen molar-refractivity contribution < 1.29 is 9.53 Å². The Morgan fingerprint density at radius 3 is 2.72 bits per heavy atom. The molecule has 1 N–H and O–H groups in total. The minimum atomic E-state index is -0.214. The van der Waals surface area contributed by atoms with E-state index in [4.69, 9.17) is 16.3 Å². The number of carbonyl (C=O) groups is 1. The van der Waals surface area contributed by atoms with Crippen molar-refractivity contribution in [2.45, 2.75) is 31.8 Å². The minimum absolute atomic E-state index is 0.0114. The third kappa shape index (κ3) is 4.14. The van der Waals surface area contributed by atoms with Crippen LogP contribution in [0.4, 0.5) is 5.69 Å². The smallest absolute Gasteiger partial charge is 0.241 e. The Bertz CT molecular complexity index is 733. The summed E-state index contributed by atoms with van der Waals surface area (Å²) < 4.78 is 5.23. The number of hydrogen-bond donors (Lipinski definition) is 1. The Morgan fingerprint density at radius 1 is 1.28 bits per heavy atom. The highest BCUT2D eigenvalue weighted by Crippen LogP contribution is 2.34. The number of halogens is 1. The van der Waals surface area contributed by atoms with Crippen LogP contribution in [0.25, 0.3) is 0 Å². The SMILES string of the molecule is COc1ccc([C@@H]2CCCN2[C@@H](C)C(=O)Nc2cccc(Cl)c2)cc1.